The van der Waals surface area contributed by atoms with Gasteiger partial charge < -0.3 is 4.74 Å². The van der Waals surface area contributed by atoms with E-state index in [-0.39, 0.29) is 16.7 Å². The Morgan fingerprint density at radius 3 is 1.77 bits per heavy atom. The fraction of sp³-hybridized carbons (Fsp3) is 0.133. The number of nitrogens with zero attached hydrogens (tertiary/aromatic N) is 2. The summed E-state index contributed by atoms with van der Waals surface area (Å²) in [5.74, 6) is -8.90. The lowest BCUT2D eigenvalue weighted by molar-refractivity contribution is -0.274. The Kier molecular flexibility index (Phi) is 7.41. The average molecular weight is 621 g/mol. The summed E-state index contributed by atoms with van der Waals surface area (Å²) < 4.78 is 145. The molecule has 224 valence electrons. The topological polar surface area (TPSA) is 68.8 Å². The first kappa shape index (κ1) is 30.2. The van der Waals surface area contributed by atoms with Gasteiger partial charge in [0.2, 0.25) is 0 Å². The third-order valence-corrected chi connectivity index (χ3v) is 6.96. The van der Waals surface area contributed by atoms with E-state index in [0.29, 0.717) is 6.07 Å². The normalized spacial score (nSPS) is 17.5. The molecule has 3 aromatic rings. The molecule has 0 amide bonds. The summed E-state index contributed by atoms with van der Waals surface area (Å²) in [4.78, 5) is 0. The van der Waals surface area contributed by atoms with E-state index in [1.165, 1.54) is 5.32 Å². The van der Waals surface area contributed by atoms with Gasteiger partial charge in [0.25, 0.3) is 0 Å². The van der Waals surface area contributed by atoms with Crippen molar-refractivity contribution < 1.29 is 48.6 Å². The largest absolute Gasteiger partial charge is 0.573 e. The molecule has 0 aliphatic heterocycles. The minimum atomic E-state index is -5.40. The van der Waals surface area contributed by atoms with Gasteiger partial charge in [0, 0.05) is 28.7 Å². The van der Waals surface area contributed by atoms with Crippen LogP contribution in [-0.2, 0) is 0 Å². The van der Waals surface area contributed by atoms with E-state index in [1.807, 2.05) is 0 Å². The van der Waals surface area contributed by atoms with Crippen molar-refractivity contribution in [3.05, 3.63) is 112 Å². The first-order chi connectivity index (χ1) is 20.6. The highest BCUT2D eigenvalue weighted by molar-refractivity contribution is 5.92. The van der Waals surface area contributed by atoms with Crippen molar-refractivity contribution in [1.82, 2.24) is 5.32 Å². The van der Waals surface area contributed by atoms with Crippen molar-refractivity contribution >= 4 is 11.1 Å². The zero-order chi connectivity index (χ0) is 32.1. The van der Waals surface area contributed by atoms with Gasteiger partial charge in [-0.15, -0.1) is 13.2 Å². The van der Waals surface area contributed by atoms with Crippen LogP contribution in [0, 0.1) is 51.8 Å². The van der Waals surface area contributed by atoms with Crippen LogP contribution < -0.4 is 10.1 Å². The molecule has 0 radical (unpaired) electrons. The lowest BCUT2D eigenvalue weighted by Gasteiger charge is -2.27. The minimum Gasteiger partial charge on any atom is -0.405 e. The van der Waals surface area contributed by atoms with Crippen molar-refractivity contribution in [2.24, 2.45) is 5.92 Å². The summed E-state index contributed by atoms with van der Waals surface area (Å²) >= 11 is 0. The highest BCUT2D eigenvalue weighted by Gasteiger charge is 2.44. The molecule has 0 aromatic heterocycles. The maximum atomic E-state index is 14.9. The number of fused-ring (bicyclic) bond motifs is 3. The average Bonchev–Trinajstić information content (AvgIpc) is 3.19. The molecule has 2 aliphatic carbocycles. The van der Waals surface area contributed by atoms with Gasteiger partial charge in [-0.3, -0.25) is 5.32 Å². The number of allylic oxidation sites excluding steroid dienone is 5. The van der Waals surface area contributed by atoms with E-state index in [1.54, 1.807) is 12.1 Å². The molecule has 2 unspecified atom stereocenters. The third-order valence-electron chi connectivity index (χ3n) is 6.96. The number of halogens is 10. The first-order valence-electron chi connectivity index (χ1n) is 12.3. The van der Waals surface area contributed by atoms with Crippen LogP contribution in [0.4, 0.5) is 43.9 Å². The number of benzene rings is 3. The summed E-state index contributed by atoms with van der Waals surface area (Å²) in [7, 11) is 0. The lowest BCUT2D eigenvalue weighted by atomic mass is 9.80. The minimum absolute atomic E-state index is 0.114. The van der Waals surface area contributed by atoms with E-state index >= 15 is 0 Å². The number of hydrogen-bond donors (Lipinski definition) is 1. The number of rotatable bonds is 4. The van der Waals surface area contributed by atoms with Gasteiger partial charge in [-0.05, 0) is 53.1 Å². The molecular formula is C30H13F10N3O. The highest BCUT2D eigenvalue weighted by Crippen LogP contribution is 2.56. The smallest absolute Gasteiger partial charge is 0.405 e. The Labute approximate surface area is 241 Å². The van der Waals surface area contributed by atoms with Crippen molar-refractivity contribution in [1.29, 1.82) is 10.5 Å². The molecule has 0 fully saturated rings. The lowest BCUT2D eigenvalue weighted by Crippen LogP contribution is -2.33. The van der Waals surface area contributed by atoms with Crippen LogP contribution in [0.3, 0.4) is 0 Å². The molecular weight excluding hydrogens is 608 g/mol. The molecule has 0 bridgehead atoms. The SMILES string of the molecule is N#CC(C#N)=C1c2cc(OC(F)(F)F)c(-c3c(F)cccc3F)cc2C2C=C(c3c(F)cccc3F)C(NC(F)(F)F)=CC12. The molecule has 5 rings (SSSR count). The predicted molar refractivity (Wildman–Crippen MR) is 134 cm³/mol. The first-order valence-corrected chi connectivity index (χ1v) is 12.3. The molecule has 44 heavy (non-hydrogen) atoms. The van der Waals surface area contributed by atoms with Crippen LogP contribution in [0.5, 0.6) is 5.75 Å². The number of nitrogens with one attached hydrogen (secondary N) is 1. The molecule has 4 nitrogen and oxygen atoms in total. The summed E-state index contributed by atoms with van der Waals surface area (Å²) in [6, 6.07) is 9.64. The third kappa shape index (κ3) is 5.46. The second-order valence-electron chi connectivity index (χ2n) is 9.52. The van der Waals surface area contributed by atoms with Gasteiger partial charge in [0.1, 0.15) is 46.7 Å². The molecule has 0 heterocycles. The Balaban J connectivity index is 1.87. The maximum absolute atomic E-state index is 14.9. The van der Waals surface area contributed by atoms with Crippen LogP contribution >= 0.6 is 0 Å². The number of alkyl halides is 6. The van der Waals surface area contributed by atoms with Crippen molar-refractivity contribution in [3.63, 3.8) is 0 Å². The summed E-state index contributed by atoms with van der Waals surface area (Å²) in [6.45, 7) is 0. The van der Waals surface area contributed by atoms with Crippen LogP contribution in [0.2, 0.25) is 0 Å². The second kappa shape index (κ2) is 10.8. The summed E-state index contributed by atoms with van der Waals surface area (Å²) in [5.41, 5.74) is -5.57. The zero-order valence-electron chi connectivity index (χ0n) is 21.5. The van der Waals surface area contributed by atoms with Gasteiger partial charge in [0.15, 0.2) is 0 Å². The molecule has 2 aliphatic rings. The Hall–Kier alpha value is -5.24. The maximum Gasteiger partial charge on any atom is 0.573 e. The quantitative estimate of drug-likeness (QED) is 0.181. The molecule has 14 heteroatoms. The van der Waals surface area contributed by atoms with Crippen LogP contribution in [-0.4, -0.2) is 12.7 Å². The van der Waals surface area contributed by atoms with Gasteiger partial charge in [-0.1, -0.05) is 24.3 Å². The van der Waals surface area contributed by atoms with Crippen LogP contribution in [0.25, 0.3) is 22.3 Å². The summed E-state index contributed by atoms with van der Waals surface area (Å²) in [5, 5.41) is 20.5. The van der Waals surface area contributed by atoms with Crippen LogP contribution in [0.1, 0.15) is 22.6 Å². The Morgan fingerprint density at radius 2 is 1.27 bits per heavy atom. The summed E-state index contributed by atoms with van der Waals surface area (Å²) in [6.07, 6.45) is -8.74. The van der Waals surface area contributed by atoms with Gasteiger partial charge in [-0.25, -0.2) is 17.6 Å². The van der Waals surface area contributed by atoms with E-state index in [4.69, 9.17) is 0 Å². The van der Waals surface area contributed by atoms with E-state index in [0.717, 1.165) is 54.6 Å². The Bertz CT molecular complexity index is 1820. The number of hydrogen-bond acceptors (Lipinski definition) is 4. The van der Waals surface area contributed by atoms with Crippen molar-refractivity contribution in [2.75, 3.05) is 0 Å². The molecule has 0 saturated carbocycles. The molecule has 2 atom stereocenters. The monoisotopic (exact) mass is 621 g/mol. The standard InChI is InChI=1S/C30H13F10N3O/c31-20-3-1-4-21(32)27(20)18-7-14-15-8-19(28-22(33)5-2-6-23(28)34)25(44-30(38,39)40)10-17(15)26(13(11-41)12-42)16(14)9-24(18)43-29(35,36)37/h1-10,14,16,43H. The number of ether oxygens (including phenoxy) is 1. The van der Waals surface area contributed by atoms with Crippen molar-refractivity contribution in [2.45, 2.75) is 18.6 Å². The zero-order valence-corrected chi connectivity index (χ0v) is 21.5. The van der Waals surface area contributed by atoms with E-state index in [2.05, 4.69) is 4.74 Å². The fourth-order valence-corrected chi connectivity index (χ4v) is 5.42. The molecule has 3 aromatic carbocycles. The fourth-order valence-electron chi connectivity index (χ4n) is 5.42. The van der Waals surface area contributed by atoms with Gasteiger partial charge in [0.05, 0.1) is 11.1 Å². The Morgan fingerprint density at radius 1 is 0.727 bits per heavy atom. The van der Waals surface area contributed by atoms with Crippen LogP contribution in [0.15, 0.2) is 72.0 Å². The molecule has 0 spiro atoms. The molecule has 0 saturated heterocycles. The van der Waals surface area contributed by atoms with Crippen molar-refractivity contribution in [3.8, 4) is 29.0 Å². The molecule has 1 N–H and O–H groups in total. The predicted octanol–water partition coefficient (Wildman–Crippen LogP) is 8.41. The van der Waals surface area contributed by atoms with E-state index < -0.39 is 87.1 Å². The van der Waals surface area contributed by atoms with Gasteiger partial charge >= 0.3 is 12.7 Å². The van der Waals surface area contributed by atoms with Gasteiger partial charge in [-0.2, -0.15) is 23.7 Å². The van der Waals surface area contributed by atoms with E-state index in [9.17, 15) is 54.4 Å². The second-order valence-corrected chi connectivity index (χ2v) is 9.52. The number of nitriles is 2. The highest BCUT2D eigenvalue weighted by atomic mass is 19.4.